The summed E-state index contributed by atoms with van der Waals surface area (Å²) in [4.78, 5) is 3.94. The Bertz CT molecular complexity index is 565. The van der Waals surface area contributed by atoms with Crippen molar-refractivity contribution in [3.8, 4) is 0 Å². The van der Waals surface area contributed by atoms with Crippen LogP contribution in [0.15, 0.2) is 17.1 Å². The zero-order valence-corrected chi connectivity index (χ0v) is 25.7. The number of allylic oxidation sites excluding steroid dienone is 2. The quantitative estimate of drug-likeness (QED) is 0.0529. The van der Waals surface area contributed by atoms with Gasteiger partial charge in [0.2, 0.25) is 0 Å². The molecule has 0 saturated heterocycles. The van der Waals surface area contributed by atoms with Gasteiger partial charge in [-0.3, -0.25) is 4.55 Å². The summed E-state index contributed by atoms with van der Waals surface area (Å²) in [6.07, 6.45) is 27.8. The van der Waals surface area contributed by atoms with Gasteiger partial charge < -0.3 is 10.1 Å². The van der Waals surface area contributed by atoms with Gasteiger partial charge >= 0.3 is 51.4 Å². The molecule has 0 bridgehead atoms. The Morgan fingerprint density at radius 1 is 0.727 bits per heavy atom. The van der Waals surface area contributed by atoms with E-state index in [2.05, 4.69) is 24.1 Å². The van der Waals surface area contributed by atoms with E-state index in [0.29, 0.717) is 25.8 Å². The Balaban J connectivity index is 0. The van der Waals surface area contributed by atoms with Crippen molar-refractivity contribution in [1.29, 1.82) is 0 Å². The second-order valence-corrected chi connectivity index (χ2v) is 10.6. The number of hydrogen-bond acceptors (Lipinski definition) is 4. The Morgan fingerprint density at radius 2 is 1.18 bits per heavy atom. The predicted octanol–water partition coefficient (Wildman–Crippen LogP) is 4.02. The van der Waals surface area contributed by atoms with E-state index in [1.54, 1.807) is 0 Å². The smallest absolute Gasteiger partial charge is 0.862 e. The first-order valence-corrected chi connectivity index (χ1v) is 14.9. The molecule has 0 aliphatic rings. The van der Waals surface area contributed by atoms with E-state index < -0.39 is 10.1 Å². The van der Waals surface area contributed by atoms with Crippen LogP contribution in [-0.2, 0) is 10.1 Å². The van der Waals surface area contributed by atoms with Gasteiger partial charge in [0.05, 0.1) is 5.75 Å². The summed E-state index contributed by atoms with van der Waals surface area (Å²) in [5.41, 5.74) is 0. The van der Waals surface area contributed by atoms with Crippen LogP contribution in [0, 0.1) is 0 Å². The number of hydrogen-bond donors (Lipinski definition) is 1. The molecular weight excluding hydrogens is 461 g/mol. The average Bonchev–Trinajstić information content (AvgIpc) is 2.74. The molecule has 0 unspecified atom stereocenters. The first-order chi connectivity index (χ1) is 15.5. The fourth-order valence-electron chi connectivity index (χ4n) is 3.73. The maximum Gasteiger partial charge on any atom is 1.00 e. The Hall–Kier alpha value is 0.756. The Kier molecular flexibility index (Phi) is 29.8. The van der Waals surface area contributed by atoms with Gasteiger partial charge in [0.25, 0.3) is 10.1 Å². The van der Waals surface area contributed by atoms with Crippen molar-refractivity contribution < 1.29 is 69.5 Å². The fourth-order valence-corrected chi connectivity index (χ4v) is 4.30. The van der Waals surface area contributed by atoms with Crippen LogP contribution in [-0.4, -0.2) is 31.2 Å². The molecule has 5 nitrogen and oxygen atoms in total. The van der Waals surface area contributed by atoms with Gasteiger partial charge in [0.1, 0.15) is 0 Å². The summed E-state index contributed by atoms with van der Waals surface area (Å²) >= 11 is 0. The van der Waals surface area contributed by atoms with Crippen LogP contribution in [0.3, 0.4) is 0 Å². The fraction of sp³-hybridized carbons (Fsp3) is 0.885. The van der Waals surface area contributed by atoms with Crippen LogP contribution in [0.4, 0.5) is 0 Å². The predicted molar refractivity (Wildman–Crippen MR) is 136 cm³/mol. The molecule has 0 aromatic rings. The summed E-state index contributed by atoms with van der Waals surface area (Å²) in [5.74, 6) is -0.345. The van der Waals surface area contributed by atoms with Crippen molar-refractivity contribution in [2.75, 3.05) is 12.3 Å². The van der Waals surface area contributed by atoms with Gasteiger partial charge in [-0.2, -0.15) is 8.42 Å². The van der Waals surface area contributed by atoms with Crippen LogP contribution in [0.2, 0.25) is 0 Å². The largest absolute Gasteiger partial charge is 1.00 e. The third kappa shape index (κ3) is 32.8. The van der Waals surface area contributed by atoms with E-state index in [-0.39, 0.29) is 63.0 Å². The molecule has 0 atom stereocenters. The molecule has 0 saturated carbocycles. The standard InChI is InChI=1S/C26H51NO4S.K/c1-2-3-4-5-6-7-8-9-10-11-12-13-14-15-16-17-18-19-20-23-26(28)27-24-21-22-25-32(29,30)31;/h11-12H,2-10,13-25H2,1H3,(H,27,28)(H,29,30,31);/q;+1/p-1/b12-11+;. The van der Waals surface area contributed by atoms with E-state index in [9.17, 15) is 13.5 Å². The molecule has 33 heavy (non-hydrogen) atoms. The molecule has 0 aliphatic carbocycles. The van der Waals surface area contributed by atoms with Crippen molar-refractivity contribution in [2.45, 2.75) is 135 Å². The number of aliphatic imine (C=N–C) groups is 1. The van der Waals surface area contributed by atoms with E-state index in [1.807, 2.05) is 0 Å². The Morgan fingerprint density at radius 3 is 1.67 bits per heavy atom. The third-order valence-electron chi connectivity index (χ3n) is 5.75. The van der Waals surface area contributed by atoms with Crippen LogP contribution in [0.1, 0.15) is 135 Å². The summed E-state index contributed by atoms with van der Waals surface area (Å²) in [5, 5.41) is 11.6. The maximum absolute atomic E-state index is 11.6. The van der Waals surface area contributed by atoms with Crippen LogP contribution >= 0.6 is 0 Å². The van der Waals surface area contributed by atoms with Gasteiger partial charge in [0.15, 0.2) is 0 Å². The van der Waals surface area contributed by atoms with Gasteiger partial charge in [-0.1, -0.05) is 96.1 Å². The van der Waals surface area contributed by atoms with Gasteiger partial charge in [-0.15, -0.1) is 0 Å². The second-order valence-electron chi connectivity index (χ2n) is 9.02. The molecule has 0 aromatic carbocycles. The first-order valence-electron chi connectivity index (χ1n) is 13.3. The minimum Gasteiger partial charge on any atom is -0.862 e. The SMILES string of the molecule is CCCCCCCCCC/C=C/CCCCCCCCCC([O-])=NCCCCS(=O)(=O)O.[K+]. The zero-order valence-electron chi connectivity index (χ0n) is 21.7. The molecule has 0 rings (SSSR count). The molecule has 0 amide bonds. The van der Waals surface area contributed by atoms with E-state index in [4.69, 9.17) is 4.55 Å². The topological polar surface area (TPSA) is 89.8 Å². The maximum atomic E-state index is 11.6. The second kappa shape index (κ2) is 27.3. The van der Waals surface area contributed by atoms with Crippen molar-refractivity contribution in [1.82, 2.24) is 0 Å². The van der Waals surface area contributed by atoms with E-state index >= 15 is 0 Å². The third-order valence-corrected chi connectivity index (χ3v) is 6.56. The normalized spacial score (nSPS) is 12.4. The first kappa shape index (κ1) is 35.9. The van der Waals surface area contributed by atoms with Crippen molar-refractivity contribution >= 4 is 16.0 Å². The molecular formula is C26H50KNO4S. The van der Waals surface area contributed by atoms with Gasteiger partial charge in [-0.25, -0.2) is 0 Å². The van der Waals surface area contributed by atoms with Crippen LogP contribution < -0.4 is 56.5 Å². The molecule has 0 aliphatic heterocycles. The number of unbranched alkanes of at least 4 members (excludes halogenated alkanes) is 16. The minimum atomic E-state index is -3.90. The monoisotopic (exact) mass is 511 g/mol. The van der Waals surface area contributed by atoms with Crippen LogP contribution in [0.25, 0.3) is 0 Å². The summed E-state index contributed by atoms with van der Waals surface area (Å²) < 4.78 is 29.8. The summed E-state index contributed by atoms with van der Waals surface area (Å²) in [7, 11) is -3.90. The van der Waals surface area contributed by atoms with Gasteiger partial charge in [-0.05, 0) is 57.3 Å². The molecule has 0 fully saturated rings. The van der Waals surface area contributed by atoms with E-state index in [1.165, 1.54) is 96.3 Å². The molecule has 7 heteroatoms. The molecule has 190 valence electrons. The average molecular weight is 512 g/mol. The minimum absolute atomic E-state index is 0. The zero-order chi connectivity index (χ0) is 23.8. The molecule has 0 spiro atoms. The van der Waals surface area contributed by atoms with E-state index in [0.717, 1.165) is 12.8 Å². The van der Waals surface area contributed by atoms with Crippen molar-refractivity contribution in [3.63, 3.8) is 0 Å². The molecule has 0 radical (unpaired) electrons. The number of rotatable bonds is 24. The Labute approximate surface area is 247 Å². The number of nitrogens with zero attached hydrogens (tertiary/aromatic N) is 1. The molecule has 0 aromatic heterocycles. The summed E-state index contributed by atoms with van der Waals surface area (Å²) in [6, 6.07) is 0. The molecule has 0 heterocycles. The van der Waals surface area contributed by atoms with Crippen molar-refractivity contribution in [2.24, 2.45) is 4.99 Å². The summed E-state index contributed by atoms with van der Waals surface area (Å²) in [6.45, 7) is 2.62. The van der Waals surface area contributed by atoms with Crippen molar-refractivity contribution in [3.05, 3.63) is 12.2 Å². The van der Waals surface area contributed by atoms with Gasteiger partial charge in [0, 0.05) is 6.54 Å². The van der Waals surface area contributed by atoms with Crippen LogP contribution in [0.5, 0.6) is 0 Å². The molecule has 1 N–H and O–H groups in total.